The van der Waals surface area contributed by atoms with Gasteiger partial charge in [-0.1, -0.05) is 12.1 Å². The van der Waals surface area contributed by atoms with Gasteiger partial charge in [-0.2, -0.15) is 0 Å². The smallest absolute Gasteiger partial charge is 0.218 e. The first-order chi connectivity index (χ1) is 14.2. The first-order valence-corrected chi connectivity index (χ1v) is 10.0. The van der Waals surface area contributed by atoms with Gasteiger partial charge in [0.15, 0.2) is 17.5 Å². The molecule has 0 spiro atoms. The largest absolute Gasteiger partial charge is 0.493 e. The number of aromatic nitrogens is 1. The number of hydrogen-bond donors (Lipinski definition) is 2. The third-order valence-corrected chi connectivity index (χ3v) is 4.26. The van der Waals surface area contributed by atoms with Crippen molar-refractivity contribution in [2.24, 2.45) is 4.99 Å². The van der Waals surface area contributed by atoms with Crippen LogP contribution in [0.1, 0.15) is 31.4 Å². The Morgan fingerprint density at radius 3 is 2.57 bits per heavy atom. The van der Waals surface area contributed by atoms with E-state index in [9.17, 15) is 0 Å². The Hall–Kier alpha value is -2.23. The molecule has 0 aliphatic heterocycles. The molecule has 0 saturated heterocycles. The van der Waals surface area contributed by atoms with Gasteiger partial charge < -0.3 is 24.8 Å². The zero-order valence-electron chi connectivity index (χ0n) is 18.2. The highest BCUT2D eigenvalue weighted by Crippen LogP contribution is 2.28. The minimum Gasteiger partial charge on any atom is -0.493 e. The molecule has 0 atom stereocenters. The van der Waals surface area contributed by atoms with E-state index < -0.39 is 0 Å². The summed E-state index contributed by atoms with van der Waals surface area (Å²) in [5, 5.41) is 6.65. The van der Waals surface area contributed by atoms with Gasteiger partial charge in [0.1, 0.15) is 0 Å². The third-order valence-electron chi connectivity index (χ3n) is 4.26. The second kappa shape index (κ2) is 14.7. The van der Waals surface area contributed by atoms with Gasteiger partial charge in [0, 0.05) is 31.9 Å². The van der Waals surface area contributed by atoms with Crippen molar-refractivity contribution in [1.82, 2.24) is 15.6 Å². The fourth-order valence-corrected chi connectivity index (χ4v) is 2.87. The third kappa shape index (κ3) is 8.25. The number of hydrogen-bond acceptors (Lipinski definition) is 5. The molecule has 0 bridgehead atoms. The van der Waals surface area contributed by atoms with E-state index in [-0.39, 0.29) is 24.0 Å². The number of nitrogens with one attached hydrogen (secondary N) is 2. The van der Waals surface area contributed by atoms with Crippen molar-refractivity contribution in [1.29, 1.82) is 0 Å². The van der Waals surface area contributed by atoms with Crippen LogP contribution in [0.2, 0.25) is 0 Å². The summed E-state index contributed by atoms with van der Waals surface area (Å²) in [7, 11) is 3.42. The number of aryl methyl sites for hydroxylation is 1. The molecule has 7 nitrogen and oxygen atoms in total. The Kier molecular flexibility index (Phi) is 12.6. The van der Waals surface area contributed by atoms with Crippen LogP contribution in [0.4, 0.5) is 0 Å². The molecule has 1 aromatic heterocycles. The van der Waals surface area contributed by atoms with Gasteiger partial charge in [-0.3, -0.25) is 4.99 Å². The van der Waals surface area contributed by atoms with E-state index in [1.807, 2.05) is 38.1 Å². The number of pyridine rings is 1. The first kappa shape index (κ1) is 25.8. The fraction of sp³-hybridized carbons (Fsp3) is 0.455. The average molecular weight is 528 g/mol. The number of nitrogens with zero attached hydrogens (tertiary/aromatic N) is 2. The van der Waals surface area contributed by atoms with E-state index in [0.717, 1.165) is 42.4 Å². The monoisotopic (exact) mass is 528 g/mol. The summed E-state index contributed by atoms with van der Waals surface area (Å²) in [5.41, 5.74) is 2.22. The Labute approximate surface area is 196 Å². The zero-order chi connectivity index (χ0) is 20.9. The molecule has 0 saturated carbocycles. The summed E-state index contributed by atoms with van der Waals surface area (Å²) >= 11 is 0. The van der Waals surface area contributed by atoms with Crippen LogP contribution in [0.25, 0.3) is 0 Å². The Morgan fingerprint density at radius 1 is 1.07 bits per heavy atom. The van der Waals surface area contributed by atoms with E-state index in [2.05, 4.69) is 26.7 Å². The van der Waals surface area contributed by atoms with Crippen molar-refractivity contribution >= 4 is 29.9 Å². The second-order valence-electron chi connectivity index (χ2n) is 6.28. The van der Waals surface area contributed by atoms with Crippen LogP contribution in [-0.2, 0) is 13.0 Å². The minimum absolute atomic E-state index is 0. The van der Waals surface area contributed by atoms with Crippen molar-refractivity contribution in [2.75, 3.05) is 33.9 Å². The lowest BCUT2D eigenvalue weighted by Crippen LogP contribution is -2.37. The molecule has 1 aromatic carbocycles. The molecular formula is C22H33IN4O3. The predicted octanol–water partition coefficient (Wildman–Crippen LogP) is 3.80. The number of guanidine groups is 1. The highest BCUT2D eigenvalue weighted by molar-refractivity contribution is 14.0. The van der Waals surface area contributed by atoms with Crippen LogP contribution >= 0.6 is 24.0 Å². The lowest BCUT2D eigenvalue weighted by molar-refractivity contribution is 0.310. The molecule has 2 N–H and O–H groups in total. The van der Waals surface area contributed by atoms with E-state index in [0.29, 0.717) is 25.6 Å². The molecule has 2 aromatic rings. The molecule has 0 fully saturated rings. The van der Waals surface area contributed by atoms with E-state index in [1.165, 1.54) is 5.56 Å². The molecule has 0 aliphatic carbocycles. The molecule has 0 unspecified atom stereocenters. The van der Waals surface area contributed by atoms with Crippen LogP contribution in [-0.4, -0.2) is 44.9 Å². The predicted molar refractivity (Wildman–Crippen MR) is 132 cm³/mol. The van der Waals surface area contributed by atoms with Gasteiger partial charge in [-0.15, -0.1) is 24.0 Å². The highest BCUT2D eigenvalue weighted by Gasteiger charge is 2.07. The number of halogens is 1. The fourth-order valence-electron chi connectivity index (χ4n) is 2.87. The Balaban J connectivity index is 0.00000450. The minimum atomic E-state index is 0. The van der Waals surface area contributed by atoms with Gasteiger partial charge in [-0.25, -0.2) is 4.98 Å². The maximum absolute atomic E-state index is 5.65. The Bertz CT molecular complexity index is 787. The molecule has 0 amide bonds. The van der Waals surface area contributed by atoms with E-state index in [1.54, 1.807) is 20.4 Å². The average Bonchev–Trinajstić information content (AvgIpc) is 2.75. The van der Waals surface area contributed by atoms with Gasteiger partial charge in [0.05, 0.1) is 20.3 Å². The lowest BCUT2D eigenvalue weighted by atomic mass is 10.1. The number of methoxy groups -OCH3 is 1. The maximum Gasteiger partial charge on any atom is 0.218 e. The van der Waals surface area contributed by atoms with Crippen LogP contribution in [0, 0.1) is 0 Å². The summed E-state index contributed by atoms with van der Waals surface area (Å²) in [6, 6.07) is 9.98. The quantitative estimate of drug-likeness (QED) is 0.200. The number of benzene rings is 1. The van der Waals surface area contributed by atoms with Crippen molar-refractivity contribution in [3.05, 3.63) is 47.7 Å². The zero-order valence-corrected chi connectivity index (χ0v) is 20.6. The molecule has 30 heavy (non-hydrogen) atoms. The summed E-state index contributed by atoms with van der Waals surface area (Å²) in [6.45, 7) is 6.53. The summed E-state index contributed by atoms with van der Waals surface area (Å²) < 4.78 is 16.5. The van der Waals surface area contributed by atoms with Crippen molar-refractivity contribution in [3.63, 3.8) is 0 Å². The first-order valence-electron chi connectivity index (χ1n) is 10.0. The topological polar surface area (TPSA) is 77.0 Å². The van der Waals surface area contributed by atoms with Gasteiger partial charge in [-0.05, 0) is 50.5 Å². The SMILES string of the molecule is CCOc1cc(CCCNC(=NC)NCc2cccnc2OCC)ccc1OC.I. The molecule has 0 aliphatic rings. The summed E-state index contributed by atoms with van der Waals surface area (Å²) in [5.74, 6) is 2.96. The normalized spacial score (nSPS) is 10.7. The maximum atomic E-state index is 5.65. The standard InChI is InChI=1S/C22H32N4O3.HI/c1-5-28-20-15-17(11-12-19(20)27-4)9-7-14-25-22(23-3)26-16-18-10-8-13-24-21(18)29-6-2;/h8,10-13,15H,5-7,9,14,16H2,1-4H3,(H2,23,25,26);1H. The molecule has 166 valence electrons. The van der Waals surface area contributed by atoms with Crippen molar-refractivity contribution < 1.29 is 14.2 Å². The second-order valence-corrected chi connectivity index (χ2v) is 6.28. The summed E-state index contributed by atoms with van der Waals surface area (Å²) in [4.78, 5) is 8.55. The van der Waals surface area contributed by atoms with Gasteiger partial charge in [0.25, 0.3) is 0 Å². The van der Waals surface area contributed by atoms with Crippen LogP contribution in [0.5, 0.6) is 17.4 Å². The Morgan fingerprint density at radius 2 is 1.87 bits per heavy atom. The number of ether oxygens (including phenoxy) is 3. The molecule has 0 radical (unpaired) electrons. The molecule has 2 rings (SSSR count). The van der Waals surface area contributed by atoms with Crippen LogP contribution in [0.15, 0.2) is 41.5 Å². The van der Waals surface area contributed by atoms with Crippen LogP contribution in [0.3, 0.4) is 0 Å². The molecule has 8 heteroatoms. The van der Waals surface area contributed by atoms with Crippen molar-refractivity contribution in [3.8, 4) is 17.4 Å². The van der Waals surface area contributed by atoms with Crippen LogP contribution < -0.4 is 24.8 Å². The van der Waals surface area contributed by atoms with Gasteiger partial charge >= 0.3 is 0 Å². The summed E-state index contributed by atoms with van der Waals surface area (Å²) in [6.07, 6.45) is 3.64. The molecule has 1 heterocycles. The number of aliphatic imine (C=N–C) groups is 1. The van der Waals surface area contributed by atoms with Gasteiger partial charge in [0.2, 0.25) is 5.88 Å². The van der Waals surface area contributed by atoms with E-state index >= 15 is 0 Å². The number of rotatable bonds is 11. The lowest BCUT2D eigenvalue weighted by Gasteiger charge is -2.14. The van der Waals surface area contributed by atoms with E-state index in [4.69, 9.17) is 14.2 Å². The molecular weight excluding hydrogens is 495 g/mol. The highest BCUT2D eigenvalue weighted by atomic mass is 127. The van der Waals surface area contributed by atoms with Crippen molar-refractivity contribution in [2.45, 2.75) is 33.2 Å².